The van der Waals surface area contributed by atoms with Gasteiger partial charge in [-0.3, -0.25) is 9.52 Å². The summed E-state index contributed by atoms with van der Waals surface area (Å²) in [4.78, 5) is 21.4. The summed E-state index contributed by atoms with van der Waals surface area (Å²) >= 11 is -1.58. The first-order valence-corrected chi connectivity index (χ1v) is 11.7. The predicted octanol–water partition coefficient (Wildman–Crippen LogP) is 1.69. The van der Waals surface area contributed by atoms with Crippen molar-refractivity contribution < 1.29 is 13.7 Å². The van der Waals surface area contributed by atoms with Gasteiger partial charge in [0.1, 0.15) is 17.4 Å². The molecule has 1 amide bonds. The van der Waals surface area contributed by atoms with Gasteiger partial charge in [0, 0.05) is 43.5 Å². The fourth-order valence-corrected chi connectivity index (χ4v) is 4.91. The second kappa shape index (κ2) is 8.62. The molecule has 4 heterocycles. The van der Waals surface area contributed by atoms with Crippen LogP contribution in [0, 0.1) is 5.92 Å². The van der Waals surface area contributed by atoms with Crippen molar-refractivity contribution in [1.29, 1.82) is 0 Å². The van der Waals surface area contributed by atoms with Crippen LogP contribution in [-0.2, 0) is 16.0 Å². The summed E-state index contributed by atoms with van der Waals surface area (Å²) in [5.41, 5.74) is 7.90. The third-order valence-electron chi connectivity index (χ3n) is 5.82. The largest absolute Gasteiger partial charge is 0.492 e. The van der Waals surface area contributed by atoms with E-state index in [4.69, 9.17) is 10.5 Å². The van der Waals surface area contributed by atoms with Gasteiger partial charge in [0.25, 0.3) is 5.91 Å². The lowest BCUT2D eigenvalue weighted by molar-refractivity contribution is -0.128. The van der Waals surface area contributed by atoms with Gasteiger partial charge in [0.05, 0.1) is 17.9 Å². The molecule has 0 spiro atoms. The summed E-state index contributed by atoms with van der Waals surface area (Å²) < 4.78 is 24.5. The maximum absolute atomic E-state index is 13.1. The maximum atomic E-state index is 13.1. The molecule has 3 N–H and O–H groups in total. The highest BCUT2D eigenvalue weighted by molar-refractivity contribution is 7.85. The second-order valence-corrected chi connectivity index (χ2v) is 8.90. The van der Waals surface area contributed by atoms with E-state index in [1.165, 1.54) is 0 Å². The summed E-state index contributed by atoms with van der Waals surface area (Å²) in [5.74, 6) is 1.80. The molecule has 0 aromatic heterocycles. The third kappa shape index (κ3) is 4.05. The lowest BCUT2D eigenvalue weighted by Gasteiger charge is -2.34. The number of hydrogen-bond donors (Lipinski definition) is 2. The van der Waals surface area contributed by atoms with Gasteiger partial charge >= 0.3 is 0 Å². The minimum Gasteiger partial charge on any atom is -0.492 e. The quantitative estimate of drug-likeness (QED) is 0.722. The Labute approximate surface area is 188 Å². The summed E-state index contributed by atoms with van der Waals surface area (Å²) in [5, 5.41) is 0. The zero-order valence-corrected chi connectivity index (χ0v) is 18.3. The number of amidine groups is 2. The van der Waals surface area contributed by atoms with Crippen LogP contribution in [0.5, 0.6) is 5.75 Å². The van der Waals surface area contributed by atoms with E-state index in [1.54, 1.807) is 12.3 Å². The second-order valence-electron chi connectivity index (χ2n) is 8.02. The van der Waals surface area contributed by atoms with Gasteiger partial charge in [-0.2, -0.15) is 4.40 Å². The molecule has 0 bridgehead atoms. The van der Waals surface area contributed by atoms with E-state index in [-0.39, 0.29) is 17.7 Å². The van der Waals surface area contributed by atoms with Crippen LogP contribution in [0.25, 0.3) is 0 Å². The van der Waals surface area contributed by atoms with Gasteiger partial charge in [-0.15, -0.1) is 0 Å². The normalized spacial score (nSPS) is 23.9. The predicted molar refractivity (Wildman–Crippen MR) is 124 cm³/mol. The number of fused-ring (bicyclic) bond motifs is 2. The monoisotopic (exact) mass is 452 g/mol. The molecule has 5 rings (SSSR count). The number of benzene rings is 1. The summed E-state index contributed by atoms with van der Waals surface area (Å²) in [6, 6.07) is 5.44. The molecule has 4 aliphatic rings. The topological polar surface area (TPSA) is 113 Å². The highest BCUT2D eigenvalue weighted by atomic mass is 32.2. The highest BCUT2D eigenvalue weighted by Gasteiger charge is 2.28. The number of carbonyl (C=O) groups excluding carboxylic acids is 1. The lowest BCUT2D eigenvalue weighted by atomic mass is 9.97. The number of nitrogens with one attached hydrogen (secondary N) is 1. The van der Waals surface area contributed by atoms with Gasteiger partial charge < -0.3 is 20.3 Å². The maximum Gasteiger partial charge on any atom is 0.254 e. The molecule has 9 nitrogen and oxygen atoms in total. The van der Waals surface area contributed by atoms with Crippen LogP contribution in [0.15, 0.2) is 63.8 Å². The molecule has 4 aliphatic heterocycles. The fourth-order valence-electron chi connectivity index (χ4n) is 4.23. The van der Waals surface area contributed by atoms with Gasteiger partial charge in [0.2, 0.25) is 11.2 Å². The molecule has 2 unspecified atom stereocenters. The van der Waals surface area contributed by atoms with Crippen molar-refractivity contribution >= 4 is 34.4 Å². The Bertz CT molecular complexity index is 1120. The van der Waals surface area contributed by atoms with Crippen molar-refractivity contribution in [2.75, 3.05) is 31.0 Å². The number of carbonyl (C=O) groups is 1. The average Bonchev–Trinajstić information content (AvgIpc) is 2.81. The Kier molecular flexibility index (Phi) is 5.52. The Morgan fingerprint density at radius 3 is 3.19 bits per heavy atom. The number of rotatable bonds is 4. The molecular weight excluding hydrogens is 428 g/mol. The average molecular weight is 453 g/mol. The molecule has 1 fully saturated rings. The molecule has 1 saturated heterocycles. The standard InChI is InChI=1S/C22H24N6O3S/c23-21-20-17(25-32(30)26-21)5-1-6-18(20)31-14-15-4-2-9-28(13-15)22(29)16-7-11-27-10-3-8-24-19(27)12-16/h1,3,5-8,11-12,15,25H,2,4,9-10,13-14H2,(H2,23,26). The van der Waals surface area contributed by atoms with Gasteiger partial charge in [-0.25, -0.2) is 9.20 Å². The minimum absolute atomic E-state index is 0.0167. The van der Waals surface area contributed by atoms with E-state index in [2.05, 4.69) is 14.1 Å². The van der Waals surface area contributed by atoms with E-state index in [9.17, 15) is 9.00 Å². The first-order chi connectivity index (χ1) is 15.6. The fraction of sp³-hybridized carbons (Fsp3) is 0.318. The third-order valence-corrected chi connectivity index (χ3v) is 6.57. The van der Waals surface area contributed by atoms with Crippen LogP contribution >= 0.6 is 0 Å². The highest BCUT2D eigenvalue weighted by Crippen LogP contribution is 2.30. The Morgan fingerprint density at radius 2 is 2.28 bits per heavy atom. The van der Waals surface area contributed by atoms with Gasteiger partial charge in [0.15, 0.2) is 0 Å². The molecule has 1 aromatic carbocycles. The van der Waals surface area contributed by atoms with Crippen molar-refractivity contribution in [2.45, 2.75) is 12.8 Å². The van der Waals surface area contributed by atoms with Crippen LogP contribution in [0.1, 0.15) is 18.4 Å². The number of likely N-dealkylation sites (tertiary alicyclic amines) is 1. The van der Waals surface area contributed by atoms with Crippen LogP contribution in [-0.4, -0.2) is 57.8 Å². The van der Waals surface area contributed by atoms with Crippen LogP contribution in [0.3, 0.4) is 0 Å². The number of piperidine rings is 1. The van der Waals surface area contributed by atoms with Crippen molar-refractivity contribution in [2.24, 2.45) is 21.0 Å². The van der Waals surface area contributed by atoms with Crippen molar-refractivity contribution in [3.63, 3.8) is 0 Å². The molecule has 1 aromatic rings. The number of nitrogens with two attached hydrogens (primary N) is 1. The summed E-state index contributed by atoms with van der Waals surface area (Å²) in [6.45, 7) is 2.57. The zero-order valence-electron chi connectivity index (χ0n) is 17.4. The van der Waals surface area contributed by atoms with Crippen LogP contribution < -0.4 is 15.2 Å². The number of amides is 1. The number of aliphatic imine (C=N–C) groups is 1. The van der Waals surface area contributed by atoms with Gasteiger partial charge in [-0.1, -0.05) is 6.07 Å². The number of anilines is 1. The molecule has 166 valence electrons. The molecule has 0 aliphatic carbocycles. The van der Waals surface area contributed by atoms with Crippen molar-refractivity contribution in [3.8, 4) is 5.75 Å². The van der Waals surface area contributed by atoms with E-state index in [0.29, 0.717) is 35.7 Å². The van der Waals surface area contributed by atoms with Crippen LogP contribution in [0.2, 0.25) is 0 Å². The summed E-state index contributed by atoms with van der Waals surface area (Å²) in [6.07, 6.45) is 11.3. The first kappa shape index (κ1) is 20.5. The Hall–Kier alpha value is -3.40. The van der Waals surface area contributed by atoms with E-state index in [1.807, 2.05) is 46.4 Å². The van der Waals surface area contributed by atoms with Crippen LogP contribution in [0.4, 0.5) is 5.69 Å². The number of ether oxygens (including phenoxy) is 1. The zero-order chi connectivity index (χ0) is 22.1. The minimum atomic E-state index is -1.58. The first-order valence-electron chi connectivity index (χ1n) is 10.6. The van der Waals surface area contributed by atoms with E-state index < -0.39 is 11.2 Å². The molecule has 10 heteroatoms. The van der Waals surface area contributed by atoms with Gasteiger partial charge in [-0.05, 0) is 43.2 Å². The molecule has 0 saturated carbocycles. The smallest absolute Gasteiger partial charge is 0.254 e. The molecular formula is C22H24N6O3S. The number of nitrogens with zero attached hydrogens (tertiary/aromatic N) is 4. The van der Waals surface area contributed by atoms with Crippen molar-refractivity contribution in [1.82, 2.24) is 9.80 Å². The molecule has 0 radical (unpaired) electrons. The Morgan fingerprint density at radius 1 is 1.38 bits per heavy atom. The lowest BCUT2D eigenvalue weighted by Crippen LogP contribution is -2.43. The van der Waals surface area contributed by atoms with E-state index in [0.717, 1.165) is 31.8 Å². The SMILES string of the molecule is NC1=NS(=O)Nc2cccc(OCC3CCCN(C(=O)C4=CC5=NC=CCN5C=C4)C3)c21. The molecule has 2 atom stereocenters. The summed E-state index contributed by atoms with van der Waals surface area (Å²) in [7, 11) is 0. The number of hydrogen-bond acceptors (Lipinski definition) is 6. The molecule has 32 heavy (non-hydrogen) atoms. The van der Waals surface area contributed by atoms with E-state index >= 15 is 0 Å². The Balaban J connectivity index is 1.24. The van der Waals surface area contributed by atoms with Crippen molar-refractivity contribution in [3.05, 3.63) is 60.0 Å².